The highest BCUT2D eigenvalue weighted by Crippen LogP contribution is 2.25. The van der Waals surface area contributed by atoms with Crippen molar-refractivity contribution >= 4 is 15.9 Å². The fraction of sp³-hybridized carbons (Fsp3) is 0.294. The van der Waals surface area contributed by atoms with Crippen LogP contribution in [0.1, 0.15) is 11.3 Å². The summed E-state index contributed by atoms with van der Waals surface area (Å²) in [6, 6.07) is 10.2. The third-order valence-electron chi connectivity index (χ3n) is 3.48. The van der Waals surface area contributed by atoms with Crippen LogP contribution >= 0.6 is 0 Å². The molecule has 9 heteroatoms. The zero-order valence-electron chi connectivity index (χ0n) is 14.6. The second-order valence-electron chi connectivity index (χ2n) is 5.36. The van der Waals surface area contributed by atoms with E-state index in [9.17, 15) is 13.2 Å². The van der Waals surface area contributed by atoms with Gasteiger partial charge in [0.25, 0.3) is 0 Å². The zero-order chi connectivity index (χ0) is 19.0. The lowest BCUT2D eigenvalue weighted by molar-refractivity contribution is -0.120. The number of nitrogens with zero attached hydrogens (tertiary/aromatic N) is 1. The molecule has 1 amide bonds. The van der Waals surface area contributed by atoms with Crippen LogP contribution < -0.4 is 19.5 Å². The Bertz CT molecular complexity index is 841. The second-order valence-corrected chi connectivity index (χ2v) is 7.16. The number of rotatable bonds is 9. The average Bonchev–Trinajstić information content (AvgIpc) is 2.65. The van der Waals surface area contributed by atoms with Gasteiger partial charge in [0.15, 0.2) is 0 Å². The lowest BCUT2D eigenvalue weighted by Gasteiger charge is -2.12. The normalized spacial score (nSPS) is 11.0. The number of carbonyl (C=O) groups is 1. The van der Waals surface area contributed by atoms with Gasteiger partial charge >= 0.3 is 0 Å². The number of aromatic nitrogens is 1. The number of sulfonamides is 1. The largest absolute Gasteiger partial charge is 0.497 e. The maximum absolute atomic E-state index is 12.2. The quantitative estimate of drug-likeness (QED) is 0.669. The summed E-state index contributed by atoms with van der Waals surface area (Å²) in [4.78, 5) is 15.9. The maximum atomic E-state index is 12.2. The Morgan fingerprint density at radius 3 is 2.62 bits per heavy atom. The van der Waals surface area contributed by atoms with E-state index >= 15 is 0 Å². The van der Waals surface area contributed by atoms with Crippen molar-refractivity contribution in [3.63, 3.8) is 0 Å². The third kappa shape index (κ3) is 6.01. The maximum Gasteiger partial charge on any atom is 0.235 e. The molecule has 0 bridgehead atoms. The van der Waals surface area contributed by atoms with Crippen LogP contribution in [0.2, 0.25) is 0 Å². The fourth-order valence-corrected chi connectivity index (χ4v) is 3.27. The predicted octanol–water partition coefficient (Wildman–Crippen LogP) is 0.835. The highest BCUT2D eigenvalue weighted by Gasteiger charge is 2.17. The molecule has 0 aliphatic rings. The van der Waals surface area contributed by atoms with Crippen molar-refractivity contribution in [1.82, 2.24) is 15.0 Å². The number of benzene rings is 1. The summed E-state index contributed by atoms with van der Waals surface area (Å²) in [7, 11) is -0.787. The molecular weight excluding hydrogens is 358 g/mol. The summed E-state index contributed by atoms with van der Waals surface area (Å²) in [6.07, 6.45) is 1.62. The molecule has 0 radical (unpaired) electrons. The molecule has 8 nitrogen and oxygen atoms in total. The Labute approximate surface area is 152 Å². The molecule has 0 aliphatic heterocycles. The van der Waals surface area contributed by atoms with E-state index in [0.717, 1.165) is 0 Å². The summed E-state index contributed by atoms with van der Waals surface area (Å²) in [5, 5.41) is 2.60. The van der Waals surface area contributed by atoms with Crippen LogP contribution in [0.5, 0.6) is 11.5 Å². The molecule has 0 aliphatic carbocycles. The summed E-state index contributed by atoms with van der Waals surface area (Å²) >= 11 is 0. The SMILES string of the molecule is COc1ccc(OC)c(CS(=O)(=O)NCC(=O)NCc2ccccn2)c1. The Balaban J connectivity index is 1.91. The van der Waals surface area contributed by atoms with Gasteiger partial charge < -0.3 is 14.8 Å². The van der Waals surface area contributed by atoms with Crippen molar-refractivity contribution < 1.29 is 22.7 Å². The molecule has 0 spiro atoms. The first-order valence-corrected chi connectivity index (χ1v) is 9.43. The van der Waals surface area contributed by atoms with E-state index in [-0.39, 0.29) is 18.8 Å². The number of amides is 1. The van der Waals surface area contributed by atoms with E-state index < -0.39 is 15.9 Å². The Morgan fingerprint density at radius 1 is 1.15 bits per heavy atom. The van der Waals surface area contributed by atoms with E-state index in [1.165, 1.54) is 14.2 Å². The van der Waals surface area contributed by atoms with Gasteiger partial charge in [-0.15, -0.1) is 0 Å². The Morgan fingerprint density at radius 2 is 1.96 bits per heavy atom. The zero-order valence-corrected chi connectivity index (χ0v) is 15.4. The summed E-state index contributed by atoms with van der Waals surface area (Å²) in [5.41, 5.74) is 1.12. The van der Waals surface area contributed by atoms with Crippen LogP contribution in [0.4, 0.5) is 0 Å². The van der Waals surface area contributed by atoms with Crippen LogP contribution in [0.15, 0.2) is 42.6 Å². The highest BCUT2D eigenvalue weighted by atomic mass is 32.2. The first kappa shape index (κ1) is 19.7. The minimum absolute atomic E-state index is 0.227. The van der Waals surface area contributed by atoms with Crippen molar-refractivity contribution in [2.45, 2.75) is 12.3 Å². The standard InChI is InChI=1S/C17H21N3O5S/c1-24-15-6-7-16(25-2)13(9-15)12-26(22,23)20-11-17(21)19-10-14-5-3-4-8-18-14/h3-9,20H,10-12H2,1-2H3,(H,19,21). The van der Waals surface area contributed by atoms with E-state index in [2.05, 4.69) is 15.0 Å². The van der Waals surface area contributed by atoms with E-state index in [4.69, 9.17) is 9.47 Å². The van der Waals surface area contributed by atoms with Crippen LogP contribution in [-0.2, 0) is 27.1 Å². The van der Waals surface area contributed by atoms with Gasteiger partial charge in [0.1, 0.15) is 11.5 Å². The Kier molecular flexibility index (Phi) is 6.93. The van der Waals surface area contributed by atoms with E-state index in [0.29, 0.717) is 22.8 Å². The number of pyridine rings is 1. The van der Waals surface area contributed by atoms with Crippen molar-refractivity contribution in [3.8, 4) is 11.5 Å². The van der Waals surface area contributed by atoms with Gasteiger partial charge in [0.05, 0.1) is 38.8 Å². The van der Waals surface area contributed by atoms with Gasteiger partial charge in [0, 0.05) is 11.8 Å². The van der Waals surface area contributed by atoms with Crippen LogP contribution in [-0.4, -0.2) is 40.1 Å². The van der Waals surface area contributed by atoms with Crippen molar-refractivity contribution in [2.75, 3.05) is 20.8 Å². The number of hydrogen-bond donors (Lipinski definition) is 2. The number of methoxy groups -OCH3 is 2. The molecule has 140 valence electrons. The molecule has 0 atom stereocenters. The fourth-order valence-electron chi connectivity index (χ4n) is 2.18. The number of hydrogen-bond acceptors (Lipinski definition) is 6. The number of carbonyl (C=O) groups excluding carboxylic acids is 1. The first-order valence-electron chi connectivity index (χ1n) is 7.78. The lowest BCUT2D eigenvalue weighted by atomic mass is 10.2. The molecule has 1 aromatic carbocycles. The minimum Gasteiger partial charge on any atom is -0.497 e. The van der Waals surface area contributed by atoms with Gasteiger partial charge in [0.2, 0.25) is 15.9 Å². The molecule has 26 heavy (non-hydrogen) atoms. The van der Waals surface area contributed by atoms with E-state index in [1.54, 1.807) is 42.6 Å². The molecule has 2 N–H and O–H groups in total. The molecule has 0 fully saturated rings. The molecule has 0 saturated heterocycles. The van der Waals surface area contributed by atoms with Gasteiger partial charge in [-0.3, -0.25) is 9.78 Å². The molecule has 0 unspecified atom stereocenters. The minimum atomic E-state index is -3.73. The summed E-state index contributed by atoms with van der Waals surface area (Å²) < 4.78 is 37.0. The van der Waals surface area contributed by atoms with Gasteiger partial charge in [-0.1, -0.05) is 6.07 Å². The molecular formula is C17H21N3O5S. The molecule has 2 aromatic rings. The smallest absolute Gasteiger partial charge is 0.235 e. The summed E-state index contributed by atoms with van der Waals surface area (Å²) in [5.74, 6) is 0.165. The van der Waals surface area contributed by atoms with E-state index in [1.807, 2.05) is 0 Å². The Hall–Kier alpha value is -2.65. The highest BCUT2D eigenvalue weighted by molar-refractivity contribution is 7.88. The van der Waals surface area contributed by atoms with Gasteiger partial charge in [-0.25, -0.2) is 13.1 Å². The first-order chi connectivity index (χ1) is 12.4. The average molecular weight is 379 g/mol. The summed E-state index contributed by atoms with van der Waals surface area (Å²) in [6.45, 7) is -0.132. The van der Waals surface area contributed by atoms with Gasteiger partial charge in [-0.2, -0.15) is 0 Å². The van der Waals surface area contributed by atoms with Crippen LogP contribution in [0.3, 0.4) is 0 Å². The predicted molar refractivity (Wildman–Crippen MR) is 96.3 cm³/mol. The number of nitrogens with one attached hydrogen (secondary N) is 2. The number of ether oxygens (including phenoxy) is 2. The topological polar surface area (TPSA) is 107 Å². The van der Waals surface area contributed by atoms with Crippen molar-refractivity contribution in [1.29, 1.82) is 0 Å². The molecule has 1 aromatic heterocycles. The van der Waals surface area contributed by atoms with Crippen LogP contribution in [0, 0.1) is 0 Å². The van der Waals surface area contributed by atoms with Crippen LogP contribution in [0.25, 0.3) is 0 Å². The lowest BCUT2D eigenvalue weighted by Crippen LogP contribution is -2.37. The molecule has 1 heterocycles. The van der Waals surface area contributed by atoms with Gasteiger partial charge in [-0.05, 0) is 30.3 Å². The second kappa shape index (κ2) is 9.16. The monoisotopic (exact) mass is 379 g/mol. The molecule has 2 rings (SSSR count). The third-order valence-corrected chi connectivity index (χ3v) is 4.75. The van der Waals surface area contributed by atoms with Crippen molar-refractivity contribution in [3.05, 3.63) is 53.9 Å². The van der Waals surface area contributed by atoms with Crippen molar-refractivity contribution in [2.24, 2.45) is 0 Å². The molecule has 0 saturated carbocycles.